The topological polar surface area (TPSA) is 112 Å². The normalized spacial score (nSPS) is 22.3. The zero-order chi connectivity index (χ0) is 19.4. The Labute approximate surface area is 159 Å². The van der Waals surface area contributed by atoms with Crippen molar-refractivity contribution in [3.05, 3.63) is 29.3 Å². The molecule has 2 aliphatic heterocycles. The zero-order valence-electron chi connectivity index (χ0n) is 15.3. The number of nitrogens with zero attached hydrogens (tertiary/aromatic N) is 2. The van der Waals surface area contributed by atoms with E-state index < -0.39 is 10.0 Å². The van der Waals surface area contributed by atoms with Crippen LogP contribution >= 0.6 is 0 Å². The van der Waals surface area contributed by atoms with Crippen LogP contribution in [0.3, 0.4) is 0 Å². The van der Waals surface area contributed by atoms with E-state index in [0.29, 0.717) is 26.1 Å². The number of nitrogens with one attached hydrogen (secondary N) is 2. The Morgan fingerprint density at radius 1 is 1.44 bits per heavy atom. The lowest BCUT2D eigenvalue weighted by Gasteiger charge is -2.30. The molecule has 0 bridgehead atoms. The Bertz CT molecular complexity index is 849. The molecule has 2 aliphatic rings. The van der Waals surface area contributed by atoms with Crippen LogP contribution in [-0.4, -0.2) is 58.1 Å². The molecule has 1 amide bonds. The van der Waals surface area contributed by atoms with Crippen LogP contribution in [0.15, 0.2) is 23.1 Å². The maximum Gasteiger partial charge on any atom is 0.241 e. The second kappa shape index (κ2) is 8.35. The Morgan fingerprint density at radius 2 is 2.26 bits per heavy atom. The molecule has 0 saturated carbocycles. The van der Waals surface area contributed by atoms with Crippen LogP contribution in [0, 0.1) is 11.3 Å². The molecule has 9 heteroatoms. The van der Waals surface area contributed by atoms with Crippen molar-refractivity contribution in [3.8, 4) is 6.07 Å². The van der Waals surface area contributed by atoms with E-state index in [4.69, 9.17) is 4.74 Å². The molecule has 8 nitrogen and oxygen atoms in total. The average molecular weight is 392 g/mol. The number of fused-ring (bicyclic) bond motifs is 1. The van der Waals surface area contributed by atoms with Crippen molar-refractivity contribution in [2.45, 2.75) is 42.8 Å². The van der Waals surface area contributed by atoms with Crippen molar-refractivity contribution in [1.29, 1.82) is 5.26 Å². The monoisotopic (exact) mass is 392 g/mol. The molecule has 1 fully saturated rings. The molecule has 146 valence electrons. The highest BCUT2D eigenvalue weighted by atomic mass is 32.2. The first-order valence-electron chi connectivity index (χ1n) is 9.00. The van der Waals surface area contributed by atoms with Gasteiger partial charge in [-0.15, -0.1) is 0 Å². The molecule has 0 aliphatic carbocycles. The number of benzene rings is 1. The third-order valence-electron chi connectivity index (χ3n) is 5.03. The van der Waals surface area contributed by atoms with E-state index in [-0.39, 0.29) is 29.4 Å². The molecular weight excluding hydrogens is 368 g/mol. The second-order valence-electron chi connectivity index (χ2n) is 6.78. The van der Waals surface area contributed by atoms with Gasteiger partial charge in [0.2, 0.25) is 15.9 Å². The summed E-state index contributed by atoms with van der Waals surface area (Å²) in [5.74, 6) is -0.0531. The molecule has 3 rings (SSSR count). The van der Waals surface area contributed by atoms with Gasteiger partial charge in [-0.05, 0) is 42.5 Å². The summed E-state index contributed by atoms with van der Waals surface area (Å²) in [7, 11) is -2.08. The third kappa shape index (κ3) is 4.30. The lowest BCUT2D eigenvalue weighted by molar-refractivity contribution is -0.133. The van der Waals surface area contributed by atoms with Gasteiger partial charge in [-0.1, -0.05) is 6.07 Å². The highest BCUT2D eigenvalue weighted by Crippen LogP contribution is 2.24. The van der Waals surface area contributed by atoms with Crippen molar-refractivity contribution >= 4 is 15.9 Å². The molecule has 2 atom stereocenters. The summed E-state index contributed by atoms with van der Waals surface area (Å²) in [5.41, 5.74) is 1.82. The van der Waals surface area contributed by atoms with Gasteiger partial charge in [0, 0.05) is 26.7 Å². The molecular formula is C18H24N4O4S. The smallest absolute Gasteiger partial charge is 0.241 e. The van der Waals surface area contributed by atoms with Crippen LogP contribution < -0.4 is 10.0 Å². The van der Waals surface area contributed by atoms with Gasteiger partial charge in [0.1, 0.15) is 6.04 Å². The van der Waals surface area contributed by atoms with E-state index in [2.05, 4.69) is 16.1 Å². The molecule has 27 heavy (non-hydrogen) atoms. The van der Waals surface area contributed by atoms with E-state index >= 15 is 0 Å². The maximum absolute atomic E-state index is 12.7. The third-order valence-corrected chi connectivity index (χ3v) is 6.49. The van der Waals surface area contributed by atoms with Gasteiger partial charge >= 0.3 is 0 Å². The highest BCUT2D eigenvalue weighted by Gasteiger charge is 2.34. The second-order valence-corrected chi connectivity index (χ2v) is 8.54. The number of likely N-dealkylation sites (tertiary alicyclic amines) is 1. The lowest BCUT2D eigenvalue weighted by Crippen LogP contribution is -2.50. The summed E-state index contributed by atoms with van der Waals surface area (Å²) in [5, 5.41) is 12.4. The molecule has 0 aromatic heterocycles. The first kappa shape index (κ1) is 19.8. The van der Waals surface area contributed by atoms with Gasteiger partial charge in [-0.3, -0.25) is 4.79 Å². The van der Waals surface area contributed by atoms with E-state index in [1.165, 1.54) is 7.11 Å². The number of carbonyl (C=O) groups excluding carboxylic acids is 1. The predicted octanol–water partition coefficient (Wildman–Crippen LogP) is 0.140. The first-order chi connectivity index (χ1) is 13.0. The van der Waals surface area contributed by atoms with E-state index in [1.807, 2.05) is 0 Å². The van der Waals surface area contributed by atoms with Gasteiger partial charge < -0.3 is 15.0 Å². The number of ether oxygens (including phenoxy) is 1. The van der Waals surface area contributed by atoms with Gasteiger partial charge in [-0.2, -0.15) is 5.26 Å². The van der Waals surface area contributed by atoms with Crippen molar-refractivity contribution in [2.75, 3.05) is 26.8 Å². The van der Waals surface area contributed by atoms with Crippen LogP contribution in [0.25, 0.3) is 0 Å². The minimum Gasteiger partial charge on any atom is -0.383 e. The molecule has 2 N–H and O–H groups in total. The van der Waals surface area contributed by atoms with Gasteiger partial charge in [0.15, 0.2) is 0 Å². The number of nitriles is 1. The number of rotatable bonds is 6. The SMILES string of the molecule is COCCNS(=O)(=O)c1ccc2c(c1)CN[C@H](C(=O)N1CCC[C@H]1C#N)C2. The fourth-order valence-electron chi connectivity index (χ4n) is 3.56. The fourth-order valence-corrected chi connectivity index (χ4v) is 4.62. The van der Waals surface area contributed by atoms with Gasteiger partial charge in [-0.25, -0.2) is 13.1 Å². The van der Waals surface area contributed by atoms with Crippen LogP contribution in [-0.2, 0) is 32.5 Å². The summed E-state index contributed by atoms with van der Waals surface area (Å²) in [6.45, 7) is 1.54. The largest absolute Gasteiger partial charge is 0.383 e. The molecule has 2 heterocycles. The molecule has 0 unspecified atom stereocenters. The highest BCUT2D eigenvalue weighted by molar-refractivity contribution is 7.89. The van der Waals surface area contributed by atoms with Crippen LogP contribution in [0.1, 0.15) is 24.0 Å². The van der Waals surface area contributed by atoms with E-state index in [1.54, 1.807) is 23.1 Å². The number of hydrogen-bond donors (Lipinski definition) is 2. The van der Waals surface area contributed by atoms with Crippen LogP contribution in [0.4, 0.5) is 0 Å². The summed E-state index contributed by atoms with van der Waals surface area (Å²) < 4.78 is 32.0. The minimum absolute atomic E-state index is 0.0531. The summed E-state index contributed by atoms with van der Waals surface area (Å²) >= 11 is 0. The van der Waals surface area contributed by atoms with Crippen LogP contribution in [0.2, 0.25) is 0 Å². The molecule has 1 aromatic carbocycles. The van der Waals surface area contributed by atoms with Gasteiger partial charge in [0.25, 0.3) is 0 Å². The average Bonchev–Trinajstić information content (AvgIpc) is 3.15. The minimum atomic E-state index is -3.59. The molecule has 0 radical (unpaired) electrons. The first-order valence-corrected chi connectivity index (χ1v) is 10.5. The molecule has 0 spiro atoms. The molecule has 1 saturated heterocycles. The van der Waals surface area contributed by atoms with Crippen molar-refractivity contribution < 1.29 is 17.9 Å². The van der Waals surface area contributed by atoms with Crippen molar-refractivity contribution in [3.63, 3.8) is 0 Å². The number of amides is 1. The predicted molar refractivity (Wildman–Crippen MR) is 98.2 cm³/mol. The summed E-state index contributed by atoms with van der Waals surface area (Å²) in [6.07, 6.45) is 2.06. The Hall–Kier alpha value is -1.99. The standard InChI is InChI=1S/C18H24N4O4S/c1-26-8-6-21-27(24,25)16-5-4-13-10-17(20-12-14(13)9-16)18(23)22-7-2-3-15(22)11-19/h4-5,9,15,17,20-21H,2-3,6-8,10,12H2,1H3/t15-,17-/m0/s1. The maximum atomic E-state index is 12.7. The Morgan fingerprint density at radius 3 is 3.00 bits per heavy atom. The van der Waals surface area contributed by atoms with Gasteiger partial charge in [0.05, 0.1) is 23.6 Å². The Kier molecular flexibility index (Phi) is 6.11. The number of carbonyl (C=O) groups is 1. The van der Waals surface area contributed by atoms with Crippen molar-refractivity contribution in [1.82, 2.24) is 14.9 Å². The number of methoxy groups -OCH3 is 1. The number of hydrogen-bond acceptors (Lipinski definition) is 6. The quantitative estimate of drug-likeness (QED) is 0.666. The van der Waals surface area contributed by atoms with Crippen molar-refractivity contribution in [2.24, 2.45) is 0 Å². The van der Waals surface area contributed by atoms with Crippen LogP contribution in [0.5, 0.6) is 0 Å². The lowest BCUT2D eigenvalue weighted by atomic mass is 9.95. The van der Waals surface area contributed by atoms with E-state index in [0.717, 1.165) is 24.0 Å². The summed E-state index contributed by atoms with van der Waals surface area (Å²) in [4.78, 5) is 14.6. The zero-order valence-corrected chi connectivity index (χ0v) is 16.1. The summed E-state index contributed by atoms with van der Waals surface area (Å²) in [6, 6.07) is 6.45. The van der Waals surface area contributed by atoms with E-state index in [9.17, 15) is 18.5 Å². The Balaban J connectivity index is 1.71. The number of sulfonamides is 1. The fraction of sp³-hybridized carbons (Fsp3) is 0.556. The molecule has 1 aromatic rings.